The number of rotatable bonds is 5. The molecule has 25 heavy (non-hydrogen) atoms. The van der Waals surface area contributed by atoms with Crippen LogP contribution >= 0.6 is 0 Å². The van der Waals surface area contributed by atoms with E-state index < -0.39 is 0 Å². The molecule has 0 saturated carbocycles. The zero-order valence-corrected chi connectivity index (χ0v) is 15.8. The lowest BCUT2D eigenvalue weighted by Crippen LogP contribution is -3.11. The summed E-state index contributed by atoms with van der Waals surface area (Å²) in [6, 6.07) is 8.47. The zero-order chi connectivity index (χ0) is 17.6. The molecule has 2 fully saturated rings. The van der Waals surface area contributed by atoms with E-state index in [9.17, 15) is 4.79 Å². The molecule has 0 spiro atoms. The second-order valence-corrected chi connectivity index (χ2v) is 7.81. The molecule has 0 unspecified atom stereocenters. The number of quaternary nitrogens is 1. The standard InChI is InChI=1S/C21H32N2O2/c1-3-25-20-8-6-18(7-9-20)16-22-13-10-19(11-14-22)21(24)23-12-4-5-17(2)15-23/h6-9,17,19H,3-5,10-16H2,1-2H3/p+1/t17-/m1/s1. The lowest BCUT2D eigenvalue weighted by atomic mass is 9.92. The van der Waals surface area contributed by atoms with Crippen LogP contribution < -0.4 is 9.64 Å². The number of likely N-dealkylation sites (tertiary alicyclic amines) is 2. The predicted molar refractivity (Wildman–Crippen MR) is 99.7 cm³/mol. The Kier molecular flexibility index (Phi) is 6.35. The van der Waals surface area contributed by atoms with Crippen LogP contribution in [0.25, 0.3) is 0 Å². The van der Waals surface area contributed by atoms with Gasteiger partial charge in [-0.25, -0.2) is 0 Å². The van der Waals surface area contributed by atoms with Crippen molar-refractivity contribution in [3.8, 4) is 5.75 Å². The maximum Gasteiger partial charge on any atom is 0.226 e. The minimum atomic E-state index is 0.259. The van der Waals surface area contributed by atoms with Gasteiger partial charge in [0, 0.05) is 37.4 Å². The van der Waals surface area contributed by atoms with E-state index in [0.717, 1.165) is 51.3 Å². The van der Waals surface area contributed by atoms with Gasteiger partial charge in [-0.2, -0.15) is 0 Å². The number of amides is 1. The molecule has 2 aliphatic heterocycles. The quantitative estimate of drug-likeness (QED) is 0.887. The van der Waals surface area contributed by atoms with Gasteiger partial charge < -0.3 is 14.5 Å². The predicted octanol–water partition coefficient (Wildman–Crippen LogP) is 2.14. The molecule has 0 aromatic heterocycles. The number of nitrogens with zero attached hydrogens (tertiary/aromatic N) is 1. The minimum Gasteiger partial charge on any atom is -0.494 e. The highest BCUT2D eigenvalue weighted by Crippen LogP contribution is 2.21. The van der Waals surface area contributed by atoms with Crippen molar-refractivity contribution in [2.75, 3.05) is 32.8 Å². The van der Waals surface area contributed by atoms with Crippen LogP contribution in [0.2, 0.25) is 0 Å². The first kappa shape index (κ1) is 18.2. The summed E-state index contributed by atoms with van der Waals surface area (Å²) in [7, 11) is 0. The first-order valence-corrected chi connectivity index (χ1v) is 9.99. The normalized spacial score (nSPS) is 27.1. The maximum atomic E-state index is 12.8. The van der Waals surface area contributed by atoms with E-state index in [-0.39, 0.29) is 5.92 Å². The molecule has 3 rings (SSSR count). The number of benzene rings is 1. The zero-order valence-electron chi connectivity index (χ0n) is 15.8. The summed E-state index contributed by atoms with van der Waals surface area (Å²) in [5.41, 5.74) is 1.35. The third-order valence-corrected chi connectivity index (χ3v) is 5.70. The molecular weight excluding hydrogens is 312 g/mol. The summed E-state index contributed by atoms with van der Waals surface area (Å²) in [5, 5.41) is 0. The van der Waals surface area contributed by atoms with Crippen molar-refractivity contribution in [1.29, 1.82) is 0 Å². The van der Waals surface area contributed by atoms with E-state index in [2.05, 4.69) is 36.1 Å². The number of carbonyl (C=O) groups is 1. The molecule has 0 aliphatic carbocycles. The Bertz CT molecular complexity index is 550. The van der Waals surface area contributed by atoms with Crippen LogP contribution in [0.15, 0.2) is 24.3 Å². The number of nitrogens with one attached hydrogen (secondary N) is 1. The van der Waals surface area contributed by atoms with Crippen LogP contribution in [0.1, 0.15) is 45.1 Å². The Morgan fingerprint density at radius 3 is 2.56 bits per heavy atom. The Morgan fingerprint density at radius 2 is 1.92 bits per heavy atom. The highest BCUT2D eigenvalue weighted by atomic mass is 16.5. The largest absolute Gasteiger partial charge is 0.494 e. The van der Waals surface area contributed by atoms with Gasteiger partial charge in [0.25, 0.3) is 0 Å². The number of ether oxygens (including phenoxy) is 1. The Labute approximate surface area is 152 Å². The summed E-state index contributed by atoms with van der Waals surface area (Å²) < 4.78 is 5.51. The average Bonchev–Trinajstić information content (AvgIpc) is 2.64. The van der Waals surface area contributed by atoms with E-state index in [4.69, 9.17) is 4.74 Å². The second kappa shape index (κ2) is 8.70. The molecule has 1 amide bonds. The number of carbonyl (C=O) groups excluding carboxylic acids is 1. The first-order chi connectivity index (χ1) is 12.2. The molecule has 1 atom stereocenters. The van der Waals surface area contributed by atoms with Crippen LogP contribution in [0.4, 0.5) is 0 Å². The van der Waals surface area contributed by atoms with Crippen LogP contribution in [0.5, 0.6) is 5.75 Å². The number of hydrogen-bond donors (Lipinski definition) is 1. The molecular formula is C21H33N2O2+. The van der Waals surface area contributed by atoms with Crippen molar-refractivity contribution >= 4 is 5.91 Å². The van der Waals surface area contributed by atoms with Gasteiger partial charge in [-0.3, -0.25) is 4.79 Å². The molecule has 2 saturated heterocycles. The van der Waals surface area contributed by atoms with E-state index in [0.29, 0.717) is 18.4 Å². The lowest BCUT2D eigenvalue weighted by molar-refractivity contribution is -0.919. The van der Waals surface area contributed by atoms with Gasteiger partial charge in [0.2, 0.25) is 5.91 Å². The molecule has 1 aromatic rings. The van der Waals surface area contributed by atoms with Crippen molar-refractivity contribution < 1.29 is 14.4 Å². The molecule has 138 valence electrons. The van der Waals surface area contributed by atoms with Gasteiger partial charge in [0.1, 0.15) is 12.3 Å². The van der Waals surface area contributed by atoms with Gasteiger partial charge in [0.05, 0.1) is 19.7 Å². The summed E-state index contributed by atoms with van der Waals surface area (Å²) in [6.07, 6.45) is 4.52. The van der Waals surface area contributed by atoms with Crippen molar-refractivity contribution in [1.82, 2.24) is 4.90 Å². The van der Waals surface area contributed by atoms with Crippen molar-refractivity contribution in [2.45, 2.75) is 46.1 Å². The SMILES string of the molecule is CCOc1ccc(C[NH+]2CCC(C(=O)N3CCC[C@@H](C)C3)CC2)cc1. The minimum absolute atomic E-state index is 0.259. The third kappa shape index (κ3) is 4.97. The topological polar surface area (TPSA) is 34.0 Å². The van der Waals surface area contributed by atoms with Crippen LogP contribution in [-0.4, -0.2) is 43.6 Å². The highest BCUT2D eigenvalue weighted by Gasteiger charge is 2.32. The van der Waals surface area contributed by atoms with Gasteiger partial charge in [-0.15, -0.1) is 0 Å². The van der Waals surface area contributed by atoms with E-state index in [1.54, 1.807) is 4.90 Å². The third-order valence-electron chi connectivity index (χ3n) is 5.70. The lowest BCUT2D eigenvalue weighted by Gasteiger charge is -2.36. The van der Waals surface area contributed by atoms with Crippen molar-refractivity contribution in [3.05, 3.63) is 29.8 Å². The summed E-state index contributed by atoms with van der Waals surface area (Å²) in [6.45, 7) is 10.2. The number of hydrogen-bond acceptors (Lipinski definition) is 2. The molecule has 0 radical (unpaired) electrons. The Hall–Kier alpha value is -1.55. The summed E-state index contributed by atoms with van der Waals surface area (Å²) in [4.78, 5) is 16.5. The van der Waals surface area contributed by atoms with E-state index >= 15 is 0 Å². The molecule has 0 bridgehead atoms. The fourth-order valence-electron chi connectivity index (χ4n) is 4.26. The Morgan fingerprint density at radius 1 is 1.20 bits per heavy atom. The monoisotopic (exact) mass is 345 g/mol. The molecule has 2 aliphatic rings. The maximum absolute atomic E-state index is 12.8. The first-order valence-electron chi connectivity index (χ1n) is 9.99. The van der Waals surface area contributed by atoms with Crippen LogP contribution in [0.3, 0.4) is 0 Å². The summed E-state index contributed by atoms with van der Waals surface area (Å²) >= 11 is 0. The van der Waals surface area contributed by atoms with Gasteiger partial charge >= 0.3 is 0 Å². The number of piperidine rings is 2. The van der Waals surface area contributed by atoms with E-state index in [1.165, 1.54) is 18.4 Å². The fraction of sp³-hybridized carbons (Fsp3) is 0.667. The Balaban J connectivity index is 1.45. The molecule has 4 nitrogen and oxygen atoms in total. The van der Waals surface area contributed by atoms with Gasteiger partial charge in [-0.1, -0.05) is 6.92 Å². The van der Waals surface area contributed by atoms with Crippen molar-refractivity contribution in [2.24, 2.45) is 11.8 Å². The van der Waals surface area contributed by atoms with E-state index in [1.807, 2.05) is 6.92 Å². The fourth-order valence-corrected chi connectivity index (χ4v) is 4.26. The molecule has 1 aromatic carbocycles. The smallest absolute Gasteiger partial charge is 0.226 e. The van der Waals surface area contributed by atoms with Crippen molar-refractivity contribution in [3.63, 3.8) is 0 Å². The molecule has 1 N–H and O–H groups in total. The average molecular weight is 346 g/mol. The van der Waals surface area contributed by atoms with Gasteiger partial charge in [0.15, 0.2) is 0 Å². The second-order valence-electron chi connectivity index (χ2n) is 7.81. The molecule has 2 heterocycles. The van der Waals surface area contributed by atoms with Crippen LogP contribution in [-0.2, 0) is 11.3 Å². The summed E-state index contributed by atoms with van der Waals surface area (Å²) in [5.74, 6) is 2.30. The van der Waals surface area contributed by atoms with Gasteiger partial charge in [-0.05, 0) is 49.9 Å². The highest BCUT2D eigenvalue weighted by molar-refractivity contribution is 5.79. The molecule has 4 heteroatoms. The van der Waals surface area contributed by atoms with Crippen LogP contribution in [0, 0.1) is 11.8 Å².